The topological polar surface area (TPSA) is 72.6 Å². The van der Waals surface area contributed by atoms with Gasteiger partial charge in [-0.05, 0) is 50.6 Å². The van der Waals surface area contributed by atoms with E-state index in [1.54, 1.807) is 33.9 Å². The van der Waals surface area contributed by atoms with Gasteiger partial charge in [0, 0.05) is 50.2 Å². The fourth-order valence-electron chi connectivity index (χ4n) is 4.27. The molecule has 1 fully saturated rings. The second-order valence-electron chi connectivity index (χ2n) is 8.23. The summed E-state index contributed by atoms with van der Waals surface area (Å²) in [6.07, 6.45) is 1.63. The van der Waals surface area contributed by atoms with Gasteiger partial charge in [0.15, 0.2) is 0 Å². The van der Waals surface area contributed by atoms with E-state index in [2.05, 4.69) is 5.10 Å². The third kappa shape index (κ3) is 3.77. The molecule has 0 radical (unpaired) electrons. The van der Waals surface area contributed by atoms with E-state index < -0.39 is 0 Å². The molecular formula is C24H29N5O3. The fourth-order valence-corrected chi connectivity index (χ4v) is 4.27. The van der Waals surface area contributed by atoms with Crippen LogP contribution < -0.4 is 4.74 Å². The Morgan fingerprint density at radius 1 is 0.906 bits per heavy atom. The van der Waals surface area contributed by atoms with E-state index in [0.717, 1.165) is 22.8 Å². The van der Waals surface area contributed by atoms with Crippen molar-refractivity contribution >= 4 is 11.8 Å². The van der Waals surface area contributed by atoms with Crippen molar-refractivity contribution in [2.45, 2.75) is 20.8 Å². The molecule has 1 saturated heterocycles. The highest BCUT2D eigenvalue weighted by molar-refractivity contribution is 5.98. The molecule has 1 aliphatic rings. The van der Waals surface area contributed by atoms with Crippen molar-refractivity contribution < 1.29 is 14.3 Å². The molecule has 0 aliphatic carbocycles. The molecule has 0 atom stereocenters. The lowest BCUT2D eigenvalue weighted by Crippen LogP contribution is -2.50. The van der Waals surface area contributed by atoms with Crippen LogP contribution in [0.4, 0.5) is 0 Å². The minimum atomic E-state index is -0.0651. The number of piperazine rings is 1. The number of carbonyl (C=O) groups excluding carboxylic acids is 2. The van der Waals surface area contributed by atoms with Crippen LogP contribution in [-0.4, -0.2) is 69.3 Å². The van der Waals surface area contributed by atoms with Gasteiger partial charge in [-0.1, -0.05) is 6.07 Å². The zero-order valence-electron chi connectivity index (χ0n) is 19.3. The van der Waals surface area contributed by atoms with Crippen LogP contribution in [0.25, 0.3) is 5.82 Å². The van der Waals surface area contributed by atoms with Crippen molar-refractivity contribution in [2.24, 2.45) is 7.05 Å². The van der Waals surface area contributed by atoms with E-state index in [4.69, 9.17) is 4.74 Å². The number of hydrogen-bond donors (Lipinski definition) is 0. The van der Waals surface area contributed by atoms with Gasteiger partial charge in [0.1, 0.15) is 17.1 Å². The van der Waals surface area contributed by atoms with E-state index >= 15 is 0 Å². The lowest BCUT2D eigenvalue weighted by Gasteiger charge is -2.35. The van der Waals surface area contributed by atoms with E-state index in [1.807, 2.05) is 56.7 Å². The molecule has 0 N–H and O–H groups in total. The first-order valence-corrected chi connectivity index (χ1v) is 10.7. The number of aryl methyl sites for hydroxylation is 4. The molecule has 0 bridgehead atoms. The Morgan fingerprint density at radius 3 is 2.09 bits per heavy atom. The van der Waals surface area contributed by atoms with Crippen LogP contribution in [0.5, 0.6) is 5.75 Å². The summed E-state index contributed by atoms with van der Waals surface area (Å²) in [7, 11) is 3.45. The van der Waals surface area contributed by atoms with Crippen molar-refractivity contribution in [2.75, 3.05) is 33.3 Å². The van der Waals surface area contributed by atoms with Crippen molar-refractivity contribution in [1.82, 2.24) is 24.1 Å². The predicted octanol–water partition coefficient (Wildman–Crippen LogP) is 2.74. The molecule has 168 valence electrons. The summed E-state index contributed by atoms with van der Waals surface area (Å²) in [5, 5.41) is 4.35. The molecule has 0 spiro atoms. The number of nitrogens with zero attached hydrogens (tertiary/aromatic N) is 5. The Kier molecular flexibility index (Phi) is 5.78. The number of benzene rings is 1. The Bertz CT molecular complexity index is 1150. The molecule has 32 heavy (non-hydrogen) atoms. The molecule has 4 rings (SSSR count). The number of ether oxygens (including phenoxy) is 1. The van der Waals surface area contributed by atoms with Crippen LogP contribution >= 0.6 is 0 Å². The minimum Gasteiger partial charge on any atom is -0.496 e. The summed E-state index contributed by atoms with van der Waals surface area (Å²) in [6.45, 7) is 7.89. The Labute approximate surface area is 188 Å². The van der Waals surface area contributed by atoms with E-state index in [9.17, 15) is 9.59 Å². The molecule has 1 aromatic carbocycles. The lowest BCUT2D eigenvalue weighted by atomic mass is 10.1. The average Bonchev–Trinajstić information content (AvgIpc) is 3.33. The number of amides is 2. The van der Waals surface area contributed by atoms with Gasteiger partial charge in [-0.3, -0.25) is 14.3 Å². The van der Waals surface area contributed by atoms with Crippen LogP contribution in [0.2, 0.25) is 0 Å². The zero-order chi connectivity index (χ0) is 23.0. The minimum absolute atomic E-state index is 0.0453. The van der Waals surface area contributed by atoms with Gasteiger partial charge in [0.25, 0.3) is 11.8 Å². The van der Waals surface area contributed by atoms with Crippen molar-refractivity contribution in [3.8, 4) is 11.6 Å². The van der Waals surface area contributed by atoms with Crippen LogP contribution in [0.1, 0.15) is 37.7 Å². The summed E-state index contributed by atoms with van der Waals surface area (Å²) in [4.78, 5) is 29.9. The highest BCUT2D eigenvalue weighted by Gasteiger charge is 2.29. The summed E-state index contributed by atoms with van der Waals surface area (Å²) >= 11 is 0. The summed E-state index contributed by atoms with van der Waals surface area (Å²) in [5.74, 6) is 1.35. The number of rotatable bonds is 4. The average molecular weight is 436 g/mol. The molecule has 2 amide bonds. The van der Waals surface area contributed by atoms with E-state index in [-0.39, 0.29) is 11.8 Å². The Hall–Kier alpha value is -3.55. The van der Waals surface area contributed by atoms with Crippen LogP contribution in [0.15, 0.2) is 36.5 Å². The Balaban J connectivity index is 1.49. The first-order valence-electron chi connectivity index (χ1n) is 10.7. The normalized spacial score (nSPS) is 14.0. The fraction of sp³-hybridized carbons (Fsp3) is 0.375. The van der Waals surface area contributed by atoms with Gasteiger partial charge in [-0.2, -0.15) is 5.10 Å². The molecule has 1 aliphatic heterocycles. The molecular weight excluding hydrogens is 406 g/mol. The first-order chi connectivity index (χ1) is 15.3. The maximum Gasteiger partial charge on any atom is 0.259 e. The van der Waals surface area contributed by atoms with Crippen molar-refractivity contribution in [3.63, 3.8) is 0 Å². The highest BCUT2D eigenvalue weighted by Crippen LogP contribution is 2.23. The molecule has 3 heterocycles. The maximum absolute atomic E-state index is 13.4. The second kappa shape index (κ2) is 8.53. The molecule has 8 heteroatoms. The van der Waals surface area contributed by atoms with Gasteiger partial charge in [-0.25, -0.2) is 0 Å². The molecule has 2 aromatic heterocycles. The standard InChI is InChI=1S/C24H29N5O3/c1-16-6-9-19(14-21(16)32-5)23(30)27-10-12-28(13-11-27)24(31)20-15-25-26(4)22(20)29-17(2)7-8-18(29)3/h6-9,14-15H,10-13H2,1-5H3. The quantitative estimate of drug-likeness (QED) is 0.632. The van der Waals surface area contributed by atoms with E-state index in [1.165, 1.54) is 0 Å². The number of aromatic nitrogens is 3. The summed E-state index contributed by atoms with van der Waals surface area (Å²) in [5.41, 5.74) is 4.24. The van der Waals surface area contributed by atoms with Gasteiger partial charge < -0.3 is 19.1 Å². The van der Waals surface area contributed by atoms with Gasteiger partial charge in [0.05, 0.1) is 13.3 Å². The van der Waals surface area contributed by atoms with Gasteiger partial charge >= 0.3 is 0 Å². The smallest absolute Gasteiger partial charge is 0.259 e. The van der Waals surface area contributed by atoms with Crippen LogP contribution in [-0.2, 0) is 7.05 Å². The van der Waals surface area contributed by atoms with Gasteiger partial charge in [0.2, 0.25) is 0 Å². The SMILES string of the molecule is COc1cc(C(=O)N2CCN(C(=O)c3cnn(C)c3-n3c(C)ccc3C)CC2)ccc1C. The monoisotopic (exact) mass is 435 g/mol. The maximum atomic E-state index is 13.4. The number of carbonyl (C=O) groups is 2. The summed E-state index contributed by atoms with van der Waals surface area (Å²) < 4.78 is 9.13. The molecule has 8 nitrogen and oxygen atoms in total. The second-order valence-corrected chi connectivity index (χ2v) is 8.23. The van der Waals surface area contributed by atoms with Crippen molar-refractivity contribution in [1.29, 1.82) is 0 Å². The van der Waals surface area contributed by atoms with Gasteiger partial charge in [-0.15, -0.1) is 0 Å². The molecule has 0 unspecified atom stereocenters. The Morgan fingerprint density at radius 2 is 1.50 bits per heavy atom. The van der Waals surface area contributed by atoms with Crippen LogP contribution in [0.3, 0.4) is 0 Å². The molecule has 3 aromatic rings. The highest BCUT2D eigenvalue weighted by atomic mass is 16.5. The van der Waals surface area contributed by atoms with Crippen LogP contribution in [0, 0.1) is 20.8 Å². The third-order valence-electron chi connectivity index (χ3n) is 6.13. The molecule has 0 saturated carbocycles. The van der Waals surface area contributed by atoms with E-state index in [0.29, 0.717) is 43.1 Å². The largest absolute Gasteiger partial charge is 0.496 e. The predicted molar refractivity (Wildman–Crippen MR) is 122 cm³/mol. The first kappa shape index (κ1) is 21.7. The number of hydrogen-bond acceptors (Lipinski definition) is 4. The number of methoxy groups -OCH3 is 1. The zero-order valence-corrected chi connectivity index (χ0v) is 19.3. The summed E-state index contributed by atoms with van der Waals surface area (Å²) in [6, 6.07) is 9.54. The van der Waals surface area contributed by atoms with Crippen molar-refractivity contribution in [3.05, 3.63) is 64.6 Å². The lowest BCUT2D eigenvalue weighted by molar-refractivity contribution is 0.0535. The third-order valence-corrected chi connectivity index (χ3v) is 6.13.